The van der Waals surface area contributed by atoms with Gasteiger partial charge >= 0.3 is 0 Å². The second-order valence-corrected chi connectivity index (χ2v) is 7.68. The number of benzene rings is 2. The van der Waals surface area contributed by atoms with E-state index < -0.39 is 5.82 Å². The summed E-state index contributed by atoms with van der Waals surface area (Å²) in [5.74, 6) is 0.145. The summed E-state index contributed by atoms with van der Waals surface area (Å²) in [7, 11) is 1.57. The van der Waals surface area contributed by atoms with Crippen LogP contribution >= 0.6 is 11.6 Å². The summed E-state index contributed by atoms with van der Waals surface area (Å²) in [4.78, 5) is 20.2. The van der Waals surface area contributed by atoms with E-state index in [2.05, 4.69) is 31.1 Å². The molecule has 0 aliphatic rings. The lowest BCUT2D eigenvalue weighted by Crippen LogP contribution is -2.17. The van der Waals surface area contributed by atoms with Crippen LogP contribution in [0.2, 0.25) is 5.02 Å². The van der Waals surface area contributed by atoms with Crippen LogP contribution in [0, 0.1) is 19.7 Å². The molecular weight excluding hydrogens is 447 g/mol. The number of carbonyl (C=O) groups excluding carboxylic acids is 1. The van der Waals surface area contributed by atoms with E-state index in [1.54, 1.807) is 50.4 Å². The predicted octanol–water partition coefficient (Wildman–Crippen LogP) is 5.39. The monoisotopic (exact) mass is 466 g/mol. The first kappa shape index (κ1) is 22.2. The molecular formula is C23H20ClFN6O2. The van der Waals surface area contributed by atoms with E-state index in [-0.39, 0.29) is 28.4 Å². The number of halogens is 2. The standard InChI is InChI=1S/C23H20ClFN6O2/c1-12-8-19(18(25)10-16(12)14-4-6-15(7-5-14)22(32)26-3)28-23-27-11-17(24)21(30-23)29-20-9-13(2)31-33-20/h4-11H,1-3H3,(H,26,32)(H2,27,28,29,30). The molecule has 8 nitrogen and oxygen atoms in total. The fourth-order valence-corrected chi connectivity index (χ4v) is 3.35. The second-order valence-electron chi connectivity index (χ2n) is 7.28. The van der Waals surface area contributed by atoms with Crippen molar-refractivity contribution >= 4 is 40.8 Å². The molecule has 0 atom stereocenters. The van der Waals surface area contributed by atoms with Gasteiger partial charge in [0.1, 0.15) is 10.8 Å². The van der Waals surface area contributed by atoms with Gasteiger partial charge in [-0.2, -0.15) is 4.98 Å². The van der Waals surface area contributed by atoms with Crippen LogP contribution in [0.15, 0.2) is 53.2 Å². The molecule has 0 saturated heterocycles. The summed E-state index contributed by atoms with van der Waals surface area (Å²) >= 11 is 6.16. The highest BCUT2D eigenvalue weighted by molar-refractivity contribution is 6.32. The third-order valence-electron chi connectivity index (χ3n) is 4.86. The summed E-state index contributed by atoms with van der Waals surface area (Å²) in [6.45, 7) is 3.66. The van der Waals surface area contributed by atoms with Gasteiger partial charge in [-0.3, -0.25) is 4.79 Å². The van der Waals surface area contributed by atoms with Crippen molar-refractivity contribution in [3.8, 4) is 11.1 Å². The lowest BCUT2D eigenvalue weighted by atomic mass is 9.98. The van der Waals surface area contributed by atoms with Crippen molar-refractivity contribution in [3.05, 3.63) is 76.3 Å². The molecule has 0 spiro atoms. The van der Waals surface area contributed by atoms with Crippen molar-refractivity contribution in [1.29, 1.82) is 0 Å². The van der Waals surface area contributed by atoms with Crippen molar-refractivity contribution in [2.45, 2.75) is 13.8 Å². The van der Waals surface area contributed by atoms with E-state index >= 15 is 0 Å². The van der Waals surface area contributed by atoms with Crippen molar-refractivity contribution in [1.82, 2.24) is 20.4 Å². The number of hydrogen-bond donors (Lipinski definition) is 3. The van der Waals surface area contributed by atoms with Crippen molar-refractivity contribution in [3.63, 3.8) is 0 Å². The van der Waals surface area contributed by atoms with Gasteiger partial charge in [0.15, 0.2) is 5.82 Å². The highest BCUT2D eigenvalue weighted by Gasteiger charge is 2.13. The molecule has 2 aromatic heterocycles. The van der Waals surface area contributed by atoms with Gasteiger partial charge in [0.2, 0.25) is 11.8 Å². The van der Waals surface area contributed by atoms with Crippen LogP contribution < -0.4 is 16.0 Å². The Morgan fingerprint density at radius 2 is 1.85 bits per heavy atom. The zero-order valence-electron chi connectivity index (χ0n) is 18.0. The van der Waals surface area contributed by atoms with Crippen LogP contribution in [0.4, 0.5) is 27.7 Å². The maximum Gasteiger partial charge on any atom is 0.251 e. The molecule has 2 heterocycles. The van der Waals surface area contributed by atoms with E-state index in [0.29, 0.717) is 22.7 Å². The average Bonchev–Trinajstić information content (AvgIpc) is 3.22. The summed E-state index contributed by atoms with van der Waals surface area (Å²) < 4.78 is 20.1. The van der Waals surface area contributed by atoms with E-state index in [0.717, 1.165) is 11.1 Å². The van der Waals surface area contributed by atoms with Crippen LogP contribution in [-0.2, 0) is 0 Å². The summed E-state index contributed by atoms with van der Waals surface area (Å²) in [5.41, 5.74) is 3.77. The molecule has 0 unspecified atom stereocenters. The fraction of sp³-hybridized carbons (Fsp3) is 0.130. The molecule has 3 N–H and O–H groups in total. The van der Waals surface area contributed by atoms with Gasteiger partial charge < -0.3 is 20.5 Å². The molecule has 168 valence electrons. The second kappa shape index (κ2) is 9.25. The Balaban J connectivity index is 1.57. The van der Waals surface area contributed by atoms with Crippen LogP contribution in [0.25, 0.3) is 11.1 Å². The van der Waals surface area contributed by atoms with Crippen molar-refractivity contribution in [2.75, 3.05) is 17.7 Å². The molecule has 4 aromatic rings. The molecule has 0 aliphatic carbocycles. The van der Waals surface area contributed by atoms with E-state index in [9.17, 15) is 9.18 Å². The maximum atomic E-state index is 14.9. The highest BCUT2D eigenvalue weighted by atomic mass is 35.5. The van der Waals surface area contributed by atoms with E-state index in [1.807, 2.05) is 6.92 Å². The number of anilines is 4. The van der Waals surface area contributed by atoms with Crippen LogP contribution in [0.1, 0.15) is 21.6 Å². The molecule has 4 rings (SSSR count). The Bertz CT molecular complexity index is 1320. The molecule has 33 heavy (non-hydrogen) atoms. The Kier molecular flexibility index (Phi) is 6.23. The maximum absolute atomic E-state index is 14.9. The van der Waals surface area contributed by atoms with Gasteiger partial charge in [-0.1, -0.05) is 28.9 Å². The number of aromatic nitrogens is 3. The Hall–Kier alpha value is -3.98. The van der Waals surface area contributed by atoms with E-state index in [4.69, 9.17) is 16.1 Å². The van der Waals surface area contributed by atoms with Gasteiger partial charge in [-0.05, 0) is 54.8 Å². The topological polar surface area (TPSA) is 105 Å². The van der Waals surface area contributed by atoms with Crippen LogP contribution in [0.3, 0.4) is 0 Å². The highest BCUT2D eigenvalue weighted by Crippen LogP contribution is 2.31. The normalized spacial score (nSPS) is 10.7. The molecule has 0 aliphatic heterocycles. The van der Waals surface area contributed by atoms with Gasteiger partial charge in [0.25, 0.3) is 5.91 Å². The minimum Gasteiger partial charge on any atom is -0.355 e. The van der Waals surface area contributed by atoms with Crippen LogP contribution in [-0.4, -0.2) is 28.1 Å². The molecule has 0 saturated carbocycles. The summed E-state index contributed by atoms with van der Waals surface area (Å²) in [5, 5.41) is 12.4. The molecule has 1 amide bonds. The smallest absolute Gasteiger partial charge is 0.251 e. The quantitative estimate of drug-likeness (QED) is 0.350. The largest absolute Gasteiger partial charge is 0.355 e. The SMILES string of the molecule is CNC(=O)c1ccc(-c2cc(F)c(Nc3ncc(Cl)c(Nc4cc(C)no4)n3)cc2C)cc1. The molecule has 0 fully saturated rings. The third kappa shape index (κ3) is 4.93. The Morgan fingerprint density at radius 3 is 2.52 bits per heavy atom. The molecule has 0 bridgehead atoms. The number of aryl methyl sites for hydroxylation is 2. The summed E-state index contributed by atoms with van der Waals surface area (Å²) in [6.07, 6.45) is 1.40. The number of amides is 1. The molecule has 2 aromatic carbocycles. The van der Waals surface area contributed by atoms with Crippen LogP contribution in [0.5, 0.6) is 0 Å². The zero-order chi connectivity index (χ0) is 23.5. The number of rotatable bonds is 6. The number of hydrogen-bond acceptors (Lipinski definition) is 7. The molecule has 0 radical (unpaired) electrons. The lowest BCUT2D eigenvalue weighted by molar-refractivity contribution is 0.0963. The zero-order valence-corrected chi connectivity index (χ0v) is 18.8. The van der Waals surface area contributed by atoms with E-state index in [1.165, 1.54) is 12.3 Å². The Labute approximate surface area is 194 Å². The minimum absolute atomic E-state index is 0.152. The third-order valence-corrected chi connectivity index (χ3v) is 5.14. The van der Waals surface area contributed by atoms with Gasteiger partial charge in [0.05, 0.1) is 17.6 Å². The number of nitrogens with zero attached hydrogens (tertiary/aromatic N) is 3. The first-order chi connectivity index (χ1) is 15.8. The first-order valence-electron chi connectivity index (χ1n) is 9.96. The molecule has 10 heteroatoms. The minimum atomic E-state index is -0.482. The van der Waals surface area contributed by atoms with Crippen molar-refractivity contribution < 1.29 is 13.7 Å². The average molecular weight is 467 g/mol. The predicted molar refractivity (Wildman–Crippen MR) is 125 cm³/mol. The number of nitrogens with one attached hydrogen (secondary N) is 3. The Morgan fingerprint density at radius 1 is 1.09 bits per heavy atom. The van der Waals surface area contributed by atoms with Gasteiger partial charge in [0, 0.05) is 18.7 Å². The van der Waals surface area contributed by atoms with Gasteiger partial charge in [-0.25, -0.2) is 9.37 Å². The fourth-order valence-electron chi connectivity index (χ4n) is 3.21. The first-order valence-corrected chi connectivity index (χ1v) is 10.3. The lowest BCUT2D eigenvalue weighted by Gasteiger charge is -2.13. The van der Waals surface area contributed by atoms with Gasteiger partial charge in [-0.15, -0.1) is 0 Å². The summed E-state index contributed by atoms with van der Waals surface area (Å²) in [6, 6.07) is 11.7. The number of carbonyl (C=O) groups is 1. The van der Waals surface area contributed by atoms with Crippen molar-refractivity contribution in [2.24, 2.45) is 0 Å².